The van der Waals surface area contributed by atoms with E-state index in [4.69, 9.17) is 4.74 Å². The number of hydrogen-bond acceptors (Lipinski definition) is 3. The first-order chi connectivity index (χ1) is 10.5. The van der Waals surface area contributed by atoms with Crippen molar-refractivity contribution in [2.75, 3.05) is 0 Å². The van der Waals surface area contributed by atoms with Crippen LogP contribution in [0.2, 0.25) is 0 Å². The summed E-state index contributed by atoms with van der Waals surface area (Å²) in [5, 5.41) is 5.19. The van der Waals surface area contributed by atoms with Crippen LogP contribution in [0.25, 0.3) is 0 Å². The van der Waals surface area contributed by atoms with Crippen molar-refractivity contribution in [2.24, 2.45) is 0 Å². The molecule has 5 nitrogen and oxygen atoms in total. The molecule has 0 radical (unpaired) electrons. The van der Waals surface area contributed by atoms with Crippen LogP contribution in [0.4, 0.5) is 4.79 Å². The molecular weight excluding hydrogens is 280 g/mol. The molecule has 1 aromatic rings. The average Bonchev–Trinajstić information content (AvgIpc) is 2.50. The third-order valence-corrected chi connectivity index (χ3v) is 3.88. The molecule has 1 aromatic carbocycles. The molecule has 22 heavy (non-hydrogen) atoms. The second-order valence-corrected chi connectivity index (χ2v) is 5.87. The molecule has 1 atom stereocenters. The molecule has 1 saturated carbocycles. The lowest BCUT2D eigenvalue weighted by atomic mass is 9.96. The average molecular weight is 304 g/mol. The monoisotopic (exact) mass is 304 g/mol. The molecule has 2 N–H and O–H groups in total. The molecule has 1 aliphatic rings. The van der Waals surface area contributed by atoms with Crippen LogP contribution >= 0.6 is 0 Å². The third kappa shape index (κ3) is 5.06. The fraction of sp³-hybridized carbons (Fsp3) is 0.529. The Morgan fingerprint density at radius 1 is 1.14 bits per heavy atom. The van der Waals surface area contributed by atoms with E-state index < -0.39 is 18.0 Å². The van der Waals surface area contributed by atoms with E-state index in [1.54, 1.807) is 19.1 Å². The number of hydrogen-bond donors (Lipinski definition) is 2. The van der Waals surface area contributed by atoms with Crippen LogP contribution in [0.3, 0.4) is 0 Å². The van der Waals surface area contributed by atoms with Crippen molar-refractivity contribution in [2.45, 2.75) is 58.1 Å². The van der Waals surface area contributed by atoms with Crippen molar-refractivity contribution in [3.63, 3.8) is 0 Å². The van der Waals surface area contributed by atoms with E-state index in [0.717, 1.165) is 31.2 Å². The minimum Gasteiger partial charge on any atom is -0.481 e. The van der Waals surface area contributed by atoms with Crippen LogP contribution < -0.4 is 15.4 Å². The molecular formula is C17H24N2O3. The summed E-state index contributed by atoms with van der Waals surface area (Å²) >= 11 is 0. The molecule has 5 heteroatoms. The van der Waals surface area contributed by atoms with E-state index in [1.807, 2.05) is 19.1 Å². The Kier molecular flexibility index (Phi) is 5.81. The molecule has 0 aliphatic heterocycles. The van der Waals surface area contributed by atoms with E-state index in [9.17, 15) is 9.59 Å². The number of nitrogens with one attached hydrogen (secondary N) is 2. The zero-order chi connectivity index (χ0) is 15.9. The van der Waals surface area contributed by atoms with Crippen LogP contribution in [0, 0.1) is 6.92 Å². The summed E-state index contributed by atoms with van der Waals surface area (Å²) in [5.41, 5.74) is 1.12. The zero-order valence-electron chi connectivity index (χ0n) is 13.2. The maximum atomic E-state index is 12.0. The molecule has 0 aromatic heterocycles. The zero-order valence-corrected chi connectivity index (χ0v) is 13.2. The number of imide groups is 1. The Labute approximate surface area is 131 Å². The van der Waals surface area contributed by atoms with Crippen LogP contribution in [0.1, 0.15) is 44.6 Å². The van der Waals surface area contributed by atoms with E-state index in [0.29, 0.717) is 5.75 Å². The van der Waals surface area contributed by atoms with Crippen molar-refractivity contribution < 1.29 is 14.3 Å². The molecule has 3 amide bonds. The van der Waals surface area contributed by atoms with Gasteiger partial charge in [0.05, 0.1) is 0 Å². The lowest BCUT2D eigenvalue weighted by Gasteiger charge is -2.23. The fourth-order valence-corrected chi connectivity index (χ4v) is 2.56. The number of aryl methyl sites for hydroxylation is 1. The van der Waals surface area contributed by atoms with Crippen molar-refractivity contribution in [1.82, 2.24) is 10.6 Å². The summed E-state index contributed by atoms with van der Waals surface area (Å²) in [5.74, 6) is 0.176. The van der Waals surface area contributed by atoms with Gasteiger partial charge in [0, 0.05) is 6.04 Å². The summed E-state index contributed by atoms with van der Waals surface area (Å²) in [7, 11) is 0. The van der Waals surface area contributed by atoms with E-state index in [2.05, 4.69) is 10.6 Å². The number of ether oxygens (including phenoxy) is 1. The second-order valence-electron chi connectivity index (χ2n) is 5.87. The quantitative estimate of drug-likeness (QED) is 0.898. The van der Waals surface area contributed by atoms with Gasteiger partial charge in [0.1, 0.15) is 5.75 Å². The van der Waals surface area contributed by atoms with E-state index in [1.165, 1.54) is 6.42 Å². The highest BCUT2D eigenvalue weighted by Gasteiger charge is 2.20. The molecule has 0 unspecified atom stereocenters. The lowest BCUT2D eigenvalue weighted by molar-refractivity contribution is -0.126. The number of benzene rings is 1. The summed E-state index contributed by atoms with van der Waals surface area (Å²) in [6.07, 6.45) is 4.73. The van der Waals surface area contributed by atoms with Gasteiger partial charge >= 0.3 is 6.03 Å². The molecule has 2 rings (SSSR count). The van der Waals surface area contributed by atoms with Crippen LogP contribution in [0.5, 0.6) is 5.75 Å². The summed E-state index contributed by atoms with van der Waals surface area (Å²) < 4.78 is 5.53. The minimum absolute atomic E-state index is 0.176. The topological polar surface area (TPSA) is 67.4 Å². The summed E-state index contributed by atoms with van der Waals surface area (Å²) in [4.78, 5) is 23.8. The van der Waals surface area contributed by atoms with Crippen LogP contribution in [-0.2, 0) is 4.79 Å². The normalized spacial score (nSPS) is 16.6. The van der Waals surface area contributed by atoms with E-state index in [-0.39, 0.29) is 6.04 Å². The molecule has 0 heterocycles. The first-order valence-electron chi connectivity index (χ1n) is 7.89. The number of carbonyl (C=O) groups excluding carboxylic acids is 2. The van der Waals surface area contributed by atoms with Crippen molar-refractivity contribution in [3.05, 3.63) is 29.8 Å². The Balaban J connectivity index is 1.77. The van der Waals surface area contributed by atoms with E-state index >= 15 is 0 Å². The summed E-state index contributed by atoms with van der Waals surface area (Å²) in [6.45, 7) is 3.61. The number of rotatable bonds is 4. The van der Waals surface area contributed by atoms with Gasteiger partial charge in [-0.2, -0.15) is 0 Å². The fourth-order valence-electron chi connectivity index (χ4n) is 2.56. The van der Waals surface area contributed by atoms with Gasteiger partial charge in [-0.3, -0.25) is 10.1 Å². The first-order valence-corrected chi connectivity index (χ1v) is 7.89. The van der Waals surface area contributed by atoms with Crippen LogP contribution in [0.15, 0.2) is 24.3 Å². The Morgan fingerprint density at radius 3 is 2.41 bits per heavy atom. The Bertz CT molecular complexity index is 507. The van der Waals surface area contributed by atoms with Crippen LogP contribution in [-0.4, -0.2) is 24.1 Å². The van der Waals surface area contributed by atoms with Gasteiger partial charge in [-0.25, -0.2) is 4.79 Å². The molecule has 1 fully saturated rings. The summed E-state index contributed by atoms with van der Waals surface area (Å²) in [6, 6.07) is 7.18. The maximum Gasteiger partial charge on any atom is 0.321 e. The highest BCUT2D eigenvalue weighted by Crippen LogP contribution is 2.17. The molecule has 0 saturated heterocycles. The number of amides is 3. The predicted molar refractivity (Wildman–Crippen MR) is 84.8 cm³/mol. The van der Waals surface area contributed by atoms with Gasteiger partial charge in [0.15, 0.2) is 6.10 Å². The first kappa shape index (κ1) is 16.3. The second kappa shape index (κ2) is 7.82. The highest BCUT2D eigenvalue weighted by molar-refractivity contribution is 5.96. The molecule has 1 aliphatic carbocycles. The van der Waals surface area contributed by atoms with Gasteiger partial charge in [-0.1, -0.05) is 37.0 Å². The van der Waals surface area contributed by atoms with Crippen molar-refractivity contribution in [3.8, 4) is 5.75 Å². The van der Waals surface area contributed by atoms with Gasteiger partial charge in [0.25, 0.3) is 5.91 Å². The van der Waals surface area contributed by atoms with Gasteiger partial charge in [-0.15, -0.1) is 0 Å². The van der Waals surface area contributed by atoms with Gasteiger partial charge < -0.3 is 10.1 Å². The number of carbonyl (C=O) groups is 2. The Hall–Kier alpha value is -2.04. The predicted octanol–water partition coefficient (Wildman–Crippen LogP) is 2.92. The van der Waals surface area contributed by atoms with Gasteiger partial charge in [0.2, 0.25) is 0 Å². The van der Waals surface area contributed by atoms with Crippen molar-refractivity contribution >= 4 is 11.9 Å². The highest BCUT2D eigenvalue weighted by atomic mass is 16.5. The maximum absolute atomic E-state index is 12.0. The smallest absolute Gasteiger partial charge is 0.321 e. The van der Waals surface area contributed by atoms with Crippen molar-refractivity contribution in [1.29, 1.82) is 0 Å². The lowest BCUT2D eigenvalue weighted by Crippen LogP contribution is -2.48. The standard InChI is InChI=1S/C17H24N2O3/c1-12-8-10-15(11-9-12)22-13(2)16(20)19-17(21)18-14-6-4-3-5-7-14/h8-11,13-14H,3-7H2,1-2H3,(H2,18,19,20,21)/t13-/m0/s1. The third-order valence-electron chi connectivity index (χ3n) is 3.88. The minimum atomic E-state index is -0.722. The SMILES string of the molecule is Cc1ccc(O[C@@H](C)C(=O)NC(=O)NC2CCCCC2)cc1. The van der Waals surface area contributed by atoms with Gasteiger partial charge in [-0.05, 0) is 38.8 Å². The largest absolute Gasteiger partial charge is 0.481 e. The number of urea groups is 1. The molecule has 0 spiro atoms. The Morgan fingerprint density at radius 2 is 1.77 bits per heavy atom. The molecule has 0 bridgehead atoms. The molecule has 120 valence electrons.